The molecule has 0 aliphatic heterocycles. The Kier molecular flexibility index (Phi) is 7.46. The molecule has 0 radical (unpaired) electrons. The molecule has 0 aliphatic rings. The highest BCUT2D eigenvalue weighted by Gasteiger charge is 2.22. The van der Waals surface area contributed by atoms with Gasteiger partial charge in [-0.25, -0.2) is 17.9 Å². The fraction of sp³-hybridized carbons (Fsp3) is 0.375. The number of amides is 2. The number of rotatable bonds is 9. The standard InChI is InChI=1S/C16H21N5O6S/c1-4-26-16-18-11(2)17-14(20-16)19-15(22)21-28(23,24)13-8-6-5-7-12(13)27-10-9-25-3/h5-8H,4,9-10H2,1-3H3,(H2,17,18,19,20,21,22). The van der Waals surface area contributed by atoms with Gasteiger partial charge in [0.15, 0.2) is 0 Å². The van der Waals surface area contributed by atoms with Crippen LogP contribution in [0.5, 0.6) is 11.8 Å². The van der Waals surface area contributed by atoms with E-state index in [9.17, 15) is 13.2 Å². The summed E-state index contributed by atoms with van der Waals surface area (Å²) in [4.78, 5) is 23.7. The Morgan fingerprint density at radius 1 is 1.11 bits per heavy atom. The summed E-state index contributed by atoms with van der Waals surface area (Å²) in [5.41, 5.74) is 0. The number of sulfonamides is 1. The highest BCUT2D eigenvalue weighted by Crippen LogP contribution is 2.23. The number of carbonyl (C=O) groups is 1. The molecule has 1 heterocycles. The van der Waals surface area contributed by atoms with Gasteiger partial charge in [-0.15, -0.1) is 0 Å². The maximum Gasteiger partial charge on any atom is 0.335 e. The smallest absolute Gasteiger partial charge is 0.335 e. The Morgan fingerprint density at radius 2 is 1.86 bits per heavy atom. The van der Waals surface area contributed by atoms with E-state index in [1.807, 2.05) is 4.72 Å². The molecule has 0 spiro atoms. The first kappa shape index (κ1) is 21.3. The number of nitrogens with zero attached hydrogens (tertiary/aromatic N) is 3. The van der Waals surface area contributed by atoms with E-state index in [4.69, 9.17) is 14.2 Å². The van der Waals surface area contributed by atoms with Crippen LogP contribution >= 0.6 is 0 Å². The highest BCUT2D eigenvalue weighted by molar-refractivity contribution is 7.90. The van der Waals surface area contributed by atoms with Gasteiger partial charge in [0.25, 0.3) is 10.0 Å². The van der Waals surface area contributed by atoms with E-state index in [1.54, 1.807) is 19.9 Å². The number of ether oxygens (including phenoxy) is 3. The third-order valence-electron chi connectivity index (χ3n) is 3.14. The van der Waals surface area contributed by atoms with E-state index in [0.717, 1.165) is 0 Å². The third kappa shape index (κ3) is 6.03. The van der Waals surface area contributed by atoms with Gasteiger partial charge in [-0.2, -0.15) is 15.0 Å². The van der Waals surface area contributed by atoms with Gasteiger partial charge in [-0.1, -0.05) is 12.1 Å². The SMILES string of the molecule is CCOc1nc(C)nc(NC(=O)NS(=O)(=O)c2ccccc2OCCOC)n1. The van der Waals surface area contributed by atoms with Gasteiger partial charge in [0.2, 0.25) is 5.95 Å². The van der Waals surface area contributed by atoms with Crippen LogP contribution < -0.4 is 19.5 Å². The van der Waals surface area contributed by atoms with Crippen molar-refractivity contribution in [3.05, 3.63) is 30.1 Å². The summed E-state index contributed by atoms with van der Waals surface area (Å²) >= 11 is 0. The molecule has 12 heteroatoms. The fourth-order valence-corrected chi connectivity index (χ4v) is 3.09. The zero-order chi connectivity index (χ0) is 20.6. The number of benzene rings is 1. The molecule has 11 nitrogen and oxygen atoms in total. The minimum Gasteiger partial charge on any atom is -0.490 e. The van der Waals surface area contributed by atoms with Crippen LogP contribution in [0, 0.1) is 6.92 Å². The zero-order valence-corrected chi connectivity index (χ0v) is 16.4. The van der Waals surface area contributed by atoms with Crippen LogP contribution in [0.1, 0.15) is 12.7 Å². The first-order valence-electron chi connectivity index (χ1n) is 8.25. The second kappa shape index (κ2) is 9.80. The Bertz CT molecular complexity index is 921. The molecule has 152 valence electrons. The number of nitrogens with one attached hydrogen (secondary N) is 2. The molecule has 0 atom stereocenters. The van der Waals surface area contributed by atoms with Crippen LogP contribution in [0.3, 0.4) is 0 Å². The van der Waals surface area contributed by atoms with Crippen molar-refractivity contribution in [1.29, 1.82) is 0 Å². The first-order valence-corrected chi connectivity index (χ1v) is 9.74. The van der Waals surface area contributed by atoms with Gasteiger partial charge in [0, 0.05) is 7.11 Å². The summed E-state index contributed by atoms with van der Waals surface area (Å²) in [6.07, 6.45) is 0. The van der Waals surface area contributed by atoms with Crippen LogP contribution in [0.25, 0.3) is 0 Å². The van der Waals surface area contributed by atoms with E-state index in [-0.39, 0.29) is 35.8 Å². The van der Waals surface area contributed by atoms with Crippen LogP contribution in [-0.2, 0) is 14.8 Å². The quantitative estimate of drug-likeness (QED) is 0.580. The molecule has 0 bridgehead atoms. The lowest BCUT2D eigenvalue weighted by Crippen LogP contribution is -2.35. The molecule has 0 aliphatic carbocycles. The average Bonchev–Trinajstić information content (AvgIpc) is 2.61. The number of aromatic nitrogens is 3. The lowest BCUT2D eigenvalue weighted by atomic mass is 10.3. The lowest BCUT2D eigenvalue weighted by molar-refractivity contribution is 0.144. The third-order valence-corrected chi connectivity index (χ3v) is 4.51. The monoisotopic (exact) mass is 411 g/mol. The Balaban J connectivity index is 2.13. The number of hydrogen-bond acceptors (Lipinski definition) is 9. The average molecular weight is 411 g/mol. The molecule has 2 aromatic rings. The van der Waals surface area contributed by atoms with Crippen LogP contribution in [0.2, 0.25) is 0 Å². The van der Waals surface area contributed by atoms with Gasteiger partial charge < -0.3 is 14.2 Å². The topological polar surface area (TPSA) is 142 Å². The molecule has 1 aromatic carbocycles. The van der Waals surface area contributed by atoms with E-state index >= 15 is 0 Å². The van der Waals surface area contributed by atoms with Crippen LogP contribution in [-0.4, -0.2) is 56.3 Å². The number of hydrogen-bond donors (Lipinski definition) is 2. The van der Waals surface area contributed by atoms with Gasteiger partial charge in [-0.05, 0) is 26.0 Å². The molecular formula is C16H21N5O6S. The van der Waals surface area contributed by atoms with E-state index in [2.05, 4.69) is 20.3 Å². The van der Waals surface area contributed by atoms with E-state index in [1.165, 1.54) is 25.3 Å². The predicted octanol–water partition coefficient (Wildman–Crippen LogP) is 1.11. The maximum atomic E-state index is 12.6. The normalized spacial score (nSPS) is 11.0. The summed E-state index contributed by atoms with van der Waals surface area (Å²) in [5, 5.41) is 2.25. The molecule has 0 fully saturated rings. The Morgan fingerprint density at radius 3 is 2.57 bits per heavy atom. The summed E-state index contributed by atoms with van der Waals surface area (Å²) in [7, 11) is -2.71. The van der Waals surface area contributed by atoms with Crippen molar-refractivity contribution in [3.63, 3.8) is 0 Å². The van der Waals surface area contributed by atoms with E-state index < -0.39 is 16.1 Å². The molecule has 1 aromatic heterocycles. The molecule has 2 rings (SSSR count). The lowest BCUT2D eigenvalue weighted by Gasteiger charge is -2.13. The number of methoxy groups -OCH3 is 1. The molecule has 2 amide bonds. The maximum absolute atomic E-state index is 12.6. The number of para-hydroxylation sites is 1. The molecule has 0 saturated carbocycles. The van der Waals surface area contributed by atoms with Gasteiger partial charge in [-0.3, -0.25) is 5.32 Å². The molecular weight excluding hydrogens is 390 g/mol. The van der Waals surface area contributed by atoms with Crippen molar-refractivity contribution in [1.82, 2.24) is 19.7 Å². The van der Waals surface area contributed by atoms with Gasteiger partial charge in [0.1, 0.15) is 23.1 Å². The summed E-state index contributed by atoms with van der Waals surface area (Å²) in [5.74, 6) is 0.247. The molecule has 28 heavy (non-hydrogen) atoms. The highest BCUT2D eigenvalue weighted by atomic mass is 32.2. The van der Waals surface area contributed by atoms with Crippen LogP contribution in [0.15, 0.2) is 29.2 Å². The van der Waals surface area contributed by atoms with Crippen LogP contribution in [0.4, 0.5) is 10.7 Å². The van der Waals surface area contributed by atoms with Gasteiger partial charge >= 0.3 is 12.0 Å². The first-order chi connectivity index (χ1) is 13.4. The number of urea groups is 1. The summed E-state index contributed by atoms with van der Waals surface area (Å²) < 4.78 is 42.4. The van der Waals surface area contributed by atoms with E-state index in [0.29, 0.717) is 12.4 Å². The fourth-order valence-electron chi connectivity index (χ4n) is 2.04. The summed E-state index contributed by atoms with van der Waals surface area (Å²) in [6, 6.07) is 4.90. The van der Waals surface area contributed by atoms with Crippen molar-refractivity contribution < 1.29 is 27.4 Å². The Hall–Kier alpha value is -2.99. The van der Waals surface area contributed by atoms with Crippen molar-refractivity contribution in [2.24, 2.45) is 0 Å². The largest absolute Gasteiger partial charge is 0.490 e. The van der Waals surface area contributed by atoms with Gasteiger partial charge in [0.05, 0.1) is 13.2 Å². The number of carbonyl (C=O) groups excluding carboxylic acids is 1. The number of anilines is 1. The Labute approximate surface area is 162 Å². The minimum atomic E-state index is -4.21. The molecule has 2 N–H and O–H groups in total. The minimum absolute atomic E-state index is 0.0186. The van der Waals surface area contributed by atoms with Crippen molar-refractivity contribution >= 4 is 22.0 Å². The number of aryl methyl sites for hydroxylation is 1. The summed E-state index contributed by atoms with van der Waals surface area (Å²) in [6.45, 7) is 4.08. The predicted molar refractivity (Wildman–Crippen MR) is 98.9 cm³/mol. The van der Waals surface area contributed by atoms with Crippen molar-refractivity contribution in [2.45, 2.75) is 18.7 Å². The molecule has 0 saturated heterocycles. The zero-order valence-electron chi connectivity index (χ0n) is 15.6. The van der Waals surface area contributed by atoms with Crippen molar-refractivity contribution in [2.75, 3.05) is 32.2 Å². The second-order valence-electron chi connectivity index (χ2n) is 5.27. The second-order valence-corrected chi connectivity index (χ2v) is 6.92. The van der Waals surface area contributed by atoms with Crippen molar-refractivity contribution in [3.8, 4) is 11.8 Å². The molecule has 0 unspecified atom stereocenters.